The zero-order chi connectivity index (χ0) is 14.1. The summed E-state index contributed by atoms with van der Waals surface area (Å²) >= 11 is 3.64. The molecular weight excluding hydrogens is 321 g/mol. The van der Waals surface area contributed by atoms with Crippen molar-refractivity contribution < 1.29 is 4.39 Å². The van der Waals surface area contributed by atoms with Gasteiger partial charge in [0.05, 0.1) is 10.2 Å². The molecule has 0 unspecified atom stereocenters. The molecule has 1 N–H and O–H groups in total. The Morgan fingerprint density at radius 2 is 2.00 bits per heavy atom. The van der Waals surface area contributed by atoms with E-state index in [-0.39, 0.29) is 5.82 Å². The Hall–Kier alpha value is -1.20. The van der Waals surface area contributed by atoms with Gasteiger partial charge >= 0.3 is 0 Å². The van der Waals surface area contributed by atoms with Gasteiger partial charge in [-0.3, -0.25) is 4.68 Å². The van der Waals surface area contributed by atoms with Crippen molar-refractivity contribution in [3.63, 3.8) is 0 Å². The van der Waals surface area contributed by atoms with Crippen LogP contribution >= 0.6 is 15.9 Å². The van der Waals surface area contributed by atoms with Crippen LogP contribution in [0.15, 0.2) is 28.7 Å². The van der Waals surface area contributed by atoms with Crippen LogP contribution in [0.1, 0.15) is 24.5 Å². The van der Waals surface area contributed by atoms with Crippen LogP contribution in [0.2, 0.25) is 0 Å². The highest BCUT2D eigenvalue weighted by Gasteiger charge is 2.25. The minimum Gasteiger partial charge on any atom is -0.317 e. The fourth-order valence-corrected chi connectivity index (χ4v) is 3.75. The minimum absolute atomic E-state index is 0.233. The highest BCUT2D eigenvalue weighted by Crippen LogP contribution is 2.37. The molecule has 0 aliphatic carbocycles. The zero-order valence-corrected chi connectivity index (χ0v) is 13.0. The lowest BCUT2D eigenvalue weighted by atomic mass is 9.94. The second kappa shape index (κ2) is 5.66. The summed E-state index contributed by atoms with van der Waals surface area (Å²) in [5.74, 6) is 0.242. The third-order valence-corrected chi connectivity index (χ3v) is 4.67. The number of halogens is 2. The first-order valence-corrected chi connectivity index (χ1v) is 7.66. The molecule has 1 aromatic carbocycles. The van der Waals surface area contributed by atoms with E-state index in [1.807, 2.05) is 17.8 Å². The highest BCUT2D eigenvalue weighted by atomic mass is 79.9. The van der Waals surface area contributed by atoms with Gasteiger partial charge in [-0.15, -0.1) is 0 Å². The molecule has 0 saturated carbocycles. The third kappa shape index (κ3) is 2.40. The fourth-order valence-electron chi connectivity index (χ4n) is 2.88. The summed E-state index contributed by atoms with van der Waals surface area (Å²) in [7, 11) is 1.94. The molecule has 3 rings (SSSR count). The van der Waals surface area contributed by atoms with E-state index in [1.165, 1.54) is 11.8 Å². The van der Waals surface area contributed by atoms with Gasteiger partial charge in [0.25, 0.3) is 0 Å². The van der Waals surface area contributed by atoms with E-state index in [4.69, 9.17) is 0 Å². The number of aryl methyl sites for hydroxylation is 1. The second-order valence-electron chi connectivity index (χ2n) is 5.18. The van der Waals surface area contributed by atoms with Crippen molar-refractivity contribution in [1.82, 2.24) is 15.1 Å². The average molecular weight is 338 g/mol. The lowest BCUT2D eigenvalue weighted by Crippen LogP contribution is -2.27. The normalized spacial score (nSPS) is 16.6. The highest BCUT2D eigenvalue weighted by molar-refractivity contribution is 9.10. The molecule has 20 heavy (non-hydrogen) atoms. The number of nitrogens with one attached hydrogen (secondary N) is 1. The number of piperidine rings is 1. The smallest absolute Gasteiger partial charge is 0.132 e. The fraction of sp³-hybridized carbons (Fsp3) is 0.400. The molecule has 1 aromatic heterocycles. The molecule has 1 saturated heterocycles. The summed E-state index contributed by atoms with van der Waals surface area (Å²) in [4.78, 5) is 0. The maximum absolute atomic E-state index is 14.0. The second-order valence-corrected chi connectivity index (χ2v) is 5.97. The predicted molar refractivity (Wildman–Crippen MR) is 81.1 cm³/mol. The van der Waals surface area contributed by atoms with Crippen LogP contribution in [0, 0.1) is 5.82 Å². The van der Waals surface area contributed by atoms with Crippen LogP contribution in [0.5, 0.6) is 0 Å². The summed E-state index contributed by atoms with van der Waals surface area (Å²) < 4.78 is 16.8. The average Bonchev–Trinajstić information content (AvgIpc) is 2.75. The van der Waals surface area contributed by atoms with Gasteiger partial charge in [0.2, 0.25) is 0 Å². The van der Waals surface area contributed by atoms with E-state index in [1.54, 1.807) is 12.1 Å². The first-order chi connectivity index (χ1) is 9.68. The van der Waals surface area contributed by atoms with Crippen molar-refractivity contribution in [2.24, 2.45) is 7.05 Å². The zero-order valence-electron chi connectivity index (χ0n) is 11.4. The van der Waals surface area contributed by atoms with Crippen molar-refractivity contribution >= 4 is 15.9 Å². The van der Waals surface area contributed by atoms with Crippen LogP contribution in [0.3, 0.4) is 0 Å². The number of benzene rings is 1. The molecule has 1 aliphatic heterocycles. The van der Waals surface area contributed by atoms with Crippen molar-refractivity contribution in [1.29, 1.82) is 0 Å². The number of nitrogens with zero attached hydrogens (tertiary/aromatic N) is 2. The van der Waals surface area contributed by atoms with Crippen molar-refractivity contribution in [3.8, 4) is 11.3 Å². The van der Waals surface area contributed by atoms with E-state index in [0.717, 1.165) is 30.4 Å². The summed E-state index contributed by atoms with van der Waals surface area (Å²) in [6.07, 6.45) is 2.18. The van der Waals surface area contributed by atoms with Gasteiger partial charge in [0.1, 0.15) is 11.5 Å². The molecule has 106 valence electrons. The lowest BCUT2D eigenvalue weighted by Gasteiger charge is -2.23. The van der Waals surface area contributed by atoms with Gasteiger partial charge < -0.3 is 5.32 Å². The van der Waals surface area contributed by atoms with Gasteiger partial charge in [0, 0.05) is 18.5 Å². The van der Waals surface area contributed by atoms with Crippen LogP contribution < -0.4 is 5.32 Å². The molecule has 1 aliphatic rings. The Morgan fingerprint density at radius 3 is 2.70 bits per heavy atom. The monoisotopic (exact) mass is 337 g/mol. The molecule has 3 nitrogen and oxygen atoms in total. The van der Waals surface area contributed by atoms with Crippen LogP contribution in [-0.2, 0) is 7.05 Å². The summed E-state index contributed by atoms with van der Waals surface area (Å²) in [6, 6.07) is 6.78. The Kier molecular flexibility index (Phi) is 3.89. The van der Waals surface area contributed by atoms with Crippen molar-refractivity contribution in [2.75, 3.05) is 13.1 Å². The minimum atomic E-state index is -0.233. The first kappa shape index (κ1) is 13.8. The van der Waals surface area contributed by atoms with Gasteiger partial charge in [0.15, 0.2) is 0 Å². The Bertz CT molecular complexity index is 618. The number of hydrogen-bond acceptors (Lipinski definition) is 2. The number of aromatic nitrogens is 2. The molecule has 0 radical (unpaired) electrons. The van der Waals surface area contributed by atoms with E-state index in [0.29, 0.717) is 17.2 Å². The maximum atomic E-state index is 14.0. The van der Waals surface area contributed by atoms with E-state index < -0.39 is 0 Å². The number of hydrogen-bond donors (Lipinski definition) is 1. The quantitative estimate of drug-likeness (QED) is 0.909. The van der Waals surface area contributed by atoms with Crippen molar-refractivity contribution in [3.05, 3.63) is 40.2 Å². The molecule has 0 atom stereocenters. The molecule has 2 heterocycles. The van der Waals surface area contributed by atoms with Crippen LogP contribution in [0.25, 0.3) is 11.3 Å². The largest absolute Gasteiger partial charge is 0.317 e. The maximum Gasteiger partial charge on any atom is 0.132 e. The van der Waals surface area contributed by atoms with Crippen molar-refractivity contribution in [2.45, 2.75) is 18.8 Å². The van der Waals surface area contributed by atoms with E-state index >= 15 is 0 Å². The molecule has 0 bridgehead atoms. The number of rotatable bonds is 2. The summed E-state index contributed by atoms with van der Waals surface area (Å²) in [5, 5.41) is 7.89. The van der Waals surface area contributed by atoms with E-state index in [9.17, 15) is 4.39 Å². The standard InChI is InChI=1S/C15H17BrFN3/c1-20-15(10-6-8-18-9-7-10)13(16)14(19-20)11-4-2-3-5-12(11)17/h2-5,10,18H,6-9H2,1H3. The Balaban J connectivity index is 2.04. The van der Waals surface area contributed by atoms with Gasteiger partial charge in [-0.25, -0.2) is 4.39 Å². The topological polar surface area (TPSA) is 29.9 Å². The van der Waals surface area contributed by atoms with Crippen LogP contribution in [-0.4, -0.2) is 22.9 Å². The first-order valence-electron chi connectivity index (χ1n) is 6.86. The van der Waals surface area contributed by atoms with E-state index in [2.05, 4.69) is 26.3 Å². The van der Waals surface area contributed by atoms with Gasteiger partial charge in [-0.05, 0) is 54.0 Å². The SMILES string of the molecule is Cn1nc(-c2ccccc2F)c(Br)c1C1CCNCC1. The van der Waals surface area contributed by atoms with Crippen LogP contribution in [0.4, 0.5) is 4.39 Å². The Labute approximate surface area is 126 Å². The molecule has 0 spiro atoms. The third-order valence-electron chi connectivity index (χ3n) is 3.89. The molecule has 5 heteroatoms. The lowest BCUT2D eigenvalue weighted by molar-refractivity contribution is 0.439. The molecule has 2 aromatic rings. The van der Waals surface area contributed by atoms with Gasteiger partial charge in [-0.1, -0.05) is 12.1 Å². The molecule has 0 amide bonds. The predicted octanol–water partition coefficient (Wildman–Crippen LogP) is 3.46. The summed E-state index contributed by atoms with van der Waals surface area (Å²) in [5.41, 5.74) is 2.42. The molecular formula is C15H17BrFN3. The van der Waals surface area contributed by atoms with Gasteiger partial charge in [-0.2, -0.15) is 5.10 Å². The summed E-state index contributed by atoms with van der Waals surface area (Å²) in [6.45, 7) is 2.05. The Morgan fingerprint density at radius 1 is 1.30 bits per heavy atom. The molecule has 1 fully saturated rings.